The van der Waals surface area contributed by atoms with Crippen molar-refractivity contribution in [2.75, 3.05) is 27.1 Å². The van der Waals surface area contributed by atoms with Gasteiger partial charge in [-0.15, -0.1) is 0 Å². The van der Waals surface area contributed by atoms with Crippen LogP contribution in [-0.2, 0) is 20.9 Å². The molecule has 0 radical (unpaired) electrons. The van der Waals surface area contributed by atoms with Gasteiger partial charge in [0.1, 0.15) is 0 Å². The third-order valence-electron chi connectivity index (χ3n) is 4.94. The van der Waals surface area contributed by atoms with Crippen molar-refractivity contribution in [1.82, 2.24) is 4.90 Å². The van der Waals surface area contributed by atoms with Gasteiger partial charge < -0.3 is 23.7 Å². The summed E-state index contributed by atoms with van der Waals surface area (Å²) in [6, 6.07) is 6.39. The van der Waals surface area contributed by atoms with Crippen molar-refractivity contribution in [3.05, 3.63) is 50.3 Å². The van der Waals surface area contributed by atoms with Gasteiger partial charge in [0.15, 0.2) is 29.6 Å². The number of fused-ring (bicyclic) bond motifs is 1. The molecule has 0 saturated carbocycles. The van der Waals surface area contributed by atoms with Crippen molar-refractivity contribution in [3.63, 3.8) is 0 Å². The van der Waals surface area contributed by atoms with Gasteiger partial charge in [0.25, 0.3) is 11.1 Å². The predicted molar refractivity (Wildman–Crippen MR) is 129 cm³/mol. The summed E-state index contributed by atoms with van der Waals surface area (Å²) in [5, 5.41) is 0.0783. The first-order valence-electron chi connectivity index (χ1n) is 10.3. The van der Waals surface area contributed by atoms with Crippen molar-refractivity contribution in [2.45, 2.75) is 13.5 Å². The zero-order valence-electron chi connectivity index (χ0n) is 18.6. The lowest BCUT2D eigenvalue weighted by atomic mass is 10.1. The second-order valence-corrected chi connectivity index (χ2v) is 9.00. The fourth-order valence-electron chi connectivity index (χ4n) is 3.30. The molecule has 1 fully saturated rings. The number of carbonyl (C=O) groups excluding carboxylic acids is 3. The molecule has 0 aromatic heterocycles. The Hall–Kier alpha value is -3.08. The average Bonchev–Trinajstić information content (AvgIpc) is 3.37. The fourth-order valence-corrected chi connectivity index (χ4v) is 4.63. The average molecular weight is 540 g/mol. The number of hydrogen-bond acceptors (Lipinski definition) is 9. The Morgan fingerprint density at radius 2 is 1.86 bits per heavy atom. The van der Waals surface area contributed by atoms with E-state index in [1.165, 1.54) is 13.2 Å². The molecular weight excluding hydrogens is 521 g/mol. The van der Waals surface area contributed by atoms with Crippen LogP contribution in [0.5, 0.6) is 23.0 Å². The molecule has 0 unspecified atom stereocenters. The van der Waals surface area contributed by atoms with Gasteiger partial charge >= 0.3 is 5.97 Å². The van der Waals surface area contributed by atoms with E-state index in [1.807, 2.05) is 0 Å². The molecule has 0 aliphatic carbocycles. The zero-order valence-corrected chi connectivity index (χ0v) is 20.9. The molecule has 1 saturated heterocycles. The molecule has 12 heteroatoms. The number of ether oxygens (including phenoxy) is 5. The van der Waals surface area contributed by atoms with E-state index in [9.17, 15) is 14.4 Å². The van der Waals surface area contributed by atoms with Crippen LogP contribution in [0.2, 0.25) is 10.0 Å². The normalized spacial score (nSPS) is 15.7. The fraction of sp³-hybridized carbons (Fsp3) is 0.261. The van der Waals surface area contributed by atoms with Crippen LogP contribution in [0.25, 0.3) is 6.08 Å². The quantitative estimate of drug-likeness (QED) is 0.342. The van der Waals surface area contributed by atoms with E-state index in [1.54, 1.807) is 31.2 Å². The van der Waals surface area contributed by atoms with Crippen molar-refractivity contribution in [2.24, 2.45) is 0 Å². The largest absolute Gasteiger partial charge is 0.490 e. The Bertz CT molecular complexity index is 1230. The van der Waals surface area contributed by atoms with Crippen LogP contribution in [0.3, 0.4) is 0 Å². The lowest BCUT2D eigenvalue weighted by molar-refractivity contribution is -0.142. The topological polar surface area (TPSA) is 101 Å². The molecule has 0 spiro atoms. The van der Waals surface area contributed by atoms with Gasteiger partial charge in [0.05, 0.1) is 30.2 Å². The highest BCUT2D eigenvalue weighted by molar-refractivity contribution is 8.18. The molecule has 2 heterocycles. The van der Waals surface area contributed by atoms with Crippen molar-refractivity contribution in [1.29, 1.82) is 0 Å². The van der Waals surface area contributed by atoms with Crippen molar-refractivity contribution >= 4 is 58.2 Å². The third-order valence-corrected chi connectivity index (χ3v) is 6.48. The number of carbonyl (C=O) groups is 3. The highest BCUT2D eigenvalue weighted by Crippen LogP contribution is 2.41. The first-order valence-corrected chi connectivity index (χ1v) is 11.9. The molecule has 0 atom stereocenters. The zero-order chi connectivity index (χ0) is 25.1. The highest BCUT2D eigenvalue weighted by Gasteiger charge is 2.36. The number of nitrogens with zero attached hydrogens (tertiary/aromatic N) is 1. The molecular formula is C23H19Cl2NO8S. The van der Waals surface area contributed by atoms with Crippen LogP contribution in [0, 0.1) is 0 Å². The smallest absolute Gasteiger partial charge is 0.343 e. The number of rotatable bonds is 8. The van der Waals surface area contributed by atoms with Crippen molar-refractivity contribution < 1.29 is 38.1 Å². The van der Waals surface area contributed by atoms with Gasteiger partial charge in [0, 0.05) is 11.1 Å². The third kappa shape index (κ3) is 5.44. The van der Waals surface area contributed by atoms with Gasteiger partial charge in [0.2, 0.25) is 6.79 Å². The van der Waals surface area contributed by atoms with Crippen LogP contribution in [0.4, 0.5) is 4.79 Å². The van der Waals surface area contributed by atoms with E-state index in [0.717, 1.165) is 16.7 Å². The van der Waals surface area contributed by atoms with Gasteiger partial charge in [-0.1, -0.05) is 23.2 Å². The van der Waals surface area contributed by atoms with Crippen LogP contribution in [-0.4, -0.2) is 49.1 Å². The second-order valence-electron chi connectivity index (χ2n) is 7.19. The number of thioether (sulfide) groups is 1. The number of esters is 1. The van der Waals surface area contributed by atoms with Crippen molar-refractivity contribution in [3.8, 4) is 23.0 Å². The maximum absolute atomic E-state index is 13.0. The minimum atomic E-state index is -0.580. The Morgan fingerprint density at radius 1 is 1.11 bits per heavy atom. The molecule has 184 valence electrons. The lowest BCUT2D eigenvalue weighted by Gasteiger charge is -2.14. The Morgan fingerprint density at radius 3 is 2.57 bits per heavy atom. The summed E-state index contributed by atoms with van der Waals surface area (Å²) in [5.74, 6) is 0.397. The molecule has 2 aromatic rings. The highest BCUT2D eigenvalue weighted by atomic mass is 35.5. The summed E-state index contributed by atoms with van der Waals surface area (Å²) in [5.41, 5.74) is 1.06. The Labute approximate surface area is 214 Å². The van der Waals surface area contributed by atoms with Crippen LogP contribution in [0.15, 0.2) is 29.2 Å². The van der Waals surface area contributed by atoms with Gasteiger partial charge in [-0.3, -0.25) is 14.5 Å². The van der Waals surface area contributed by atoms with Crippen LogP contribution in [0.1, 0.15) is 18.1 Å². The number of imide groups is 1. The summed E-state index contributed by atoms with van der Waals surface area (Å²) >= 11 is 13.5. The molecule has 2 amide bonds. The number of amides is 2. The Balaban J connectivity index is 1.56. The molecule has 35 heavy (non-hydrogen) atoms. The summed E-state index contributed by atoms with van der Waals surface area (Å²) in [6.07, 6.45) is 1.53. The molecule has 4 rings (SSSR count). The molecule has 9 nitrogen and oxygen atoms in total. The summed E-state index contributed by atoms with van der Waals surface area (Å²) < 4.78 is 26.2. The predicted octanol–water partition coefficient (Wildman–Crippen LogP) is 4.91. The lowest BCUT2D eigenvalue weighted by Crippen LogP contribution is -2.27. The molecule has 0 N–H and O–H groups in total. The van der Waals surface area contributed by atoms with Gasteiger partial charge in [-0.05, 0) is 54.1 Å². The first-order chi connectivity index (χ1) is 16.8. The minimum absolute atomic E-state index is 0.0251. The molecule has 2 aliphatic heterocycles. The van der Waals surface area contributed by atoms with E-state index >= 15 is 0 Å². The van der Waals surface area contributed by atoms with E-state index in [-0.39, 0.29) is 41.4 Å². The summed E-state index contributed by atoms with van der Waals surface area (Å²) in [4.78, 5) is 38.4. The van der Waals surface area contributed by atoms with E-state index < -0.39 is 17.1 Å². The van der Waals surface area contributed by atoms with Gasteiger partial charge in [-0.25, -0.2) is 4.79 Å². The monoisotopic (exact) mass is 539 g/mol. The second kappa shape index (κ2) is 10.7. The first kappa shape index (κ1) is 25.0. The molecule has 2 aromatic carbocycles. The number of hydrogen-bond donors (Lipinski definition) is 0. The number of halogens is 2. The van der Waals surface area contributed by atoms with E-state index in [0.29, 0.717) is 34.3 Å². The summed E-state index contributed by atoms with van der Waals surface area (Å²) in [7, 11) is 1.24. The SMILES string of the molecule is CCOc1cc(/C=C2\SC(=O)N(Cc3cc4c(cc3Cl)OCO4)C2=O)cc(Cl)c1OCC(=O)OC. The minimum Gasteiger partial charge on any atom is -0.490 e. The molecule has 2 aliphatic rings. The van der Waals surface area contributed by atoms with Crippen LogP contribution < -0.4 is 18.9 Å². The van der Waals surface area contributed by atoms with E-state index in [4.69, 9.17) is 42.1 Å². The standard InChI is InChI=1S/C23H19Cl2NO8S/c1-3-31-18-5-12(4-15(25)21(18)32-10-20(27)30-2)6-19-22(28)26(23(29)35-19)9-13-7-16-17(8-14(13)24)34-11-33-16/h4-8H,3,9-11H2,1-2H3/b19-6-. The number of benzene rings is 2. The maximum atomic E-state index is 13.0. The molecule has 0 bridgehead atoms. The Kier molecular flexibility index (Phi) is 7.63. The maximum Gasteiger partial charge on any atom is 0.343 e. The summed E-state index contributed by atoms with van der Waals surface area (Å²) in [6.45, 7) is 1.79. The van der Waals surface area contributed by atoms with Gasteiger partial charge in [-0.2, -0.15) is 0 Å². The van der Waals surface area contributed by atoms with E-state index in [2.05, 4.69) is 4.74 Å². The number of methoxy groups -OCH3 is 1. The van der Waals surface area contributed by atoms with Crippen LogP contribution >= 0.6 is 35.0 Å².